The standard InChI is InChI=1S/C26H21N5O2S2/c1-16-9-6-7-12-20(16)31-24(33)19-15-21(18-10-4-3-5-11-18)35-23(19)30-26(31)34-17(2)22(32)29-25-27-13-8-14-28-25/h3-15,17H,1-2H3,(H,27,28,29,32). The van der Waals surface area contributed by atoms with Crippen LogP contribution < -0.4 is 10.9 Å². The Balaban J connectivity index is 1.59. The third-order valence-corrected chi connectivity index (χ3v) is 7.53. The highest BCUT2D eigenvalue weighted by molar-refractivity contribution is 8.00. The van der Waals surface area contributed by atoms with Gasteiger partial charge < -0.3 is 0 Å². The highest BCUT2D eigenvalue weighted by Crippen LogP contribution is 2.34. The van der Waals surface area contributed by atoms with Crippen molar-refractivity contribution in [1.29, 1.82) is 0 Å². The molecule has 9 heteroatoms. The van der Waals surface area contributed by atoms with Crippen LogP contribution in [0.15, 0.2) is 89.1 Å². The second-order valence-electron chi connectivity index (χ2n) is 7.84. The Morgan fingerprint density at radius 3 is 2.49 bits per heavy atom. The van der Waals surface area contributed by atoms with Crippen molar-refractivity contribution in [3.05, 3.63) is 95.0 Å². The van der Waals surface area contributed by atoms with Crippen molar-refractivity contribution in [2.45, 2.75) is 24.3 Å². The molecular formula is C26H21N5O2S2. The molecule has 5 rings (SSSR count). The normalized spacial score (nSPS) is 11.9. The average molecular weight is 500 g/mol. The highest BCUT2D eigenvalue weighted by atomic mass is 32.2. The summed E-state index contributed by atoms with van der Waals surface area (Å²) in [6.45, 7) is 3.72. The van der Waals surface area contributed by atoms with Crippen LogP contribution in [0.1, 0.15) is 12.5 Å². The second-order valence-corrected chi connectivity index (χ2v) is 10.2. The molecular weight excluding hydrogens is 478 g/mol. The fraction of sp³-hybridized carbons (Fsp3) is 0.115. The van der Waals surface area contributed by atoms with Crippen LogP contribution in [-0.2, 0) is 4.79 Å². The van der Waals surface area contributed by atoms with Gasteiger partial charge in [0.05, 0.1) is 16.3 Å². The van der Waals surface area contributed by atoms with E-state index in [4.69, 9.17) is 4.98 Å². The van der Waals surface area contributed by atoms with Gasteiger partial charge in [-0.05, 0) is 43.2 Å². The number of anilines is 1. The van der Waals surface area contributed by atoms with Gasteiger partial charge in [0.1, 0.15) is 4.83 Å². The van der Waals surface area contributed by atoms with E-state index in [9.17, 15) is 9.59 Å². The number of hydrogen-bond acceptors (Lipinski definition) is 7. The van der Waals surface area contributed by atoms with E-state index in [0.717, 1.165) is 21.7 Å². The molecule has 3 heterocycles. The van der Waals surface area contributed by atoms with Gasteiger partial charge in [-0.25, -0.2) is 15.0 Å². The van der Waals surface area contributed by atoms with Crippen LogP contribution in [0.3, 0.4) is 0 Å². The first-order valence-corrected chi connectivity index (χ1v) is 12.6. The predicted octanol–water partition coefficient (Wildman–Crippen LogP) is 5.33. The van der Waals surface area contributed by atoms with Crippen LogP contribution in [0.2, 0.25) is 0 Å². The summed E-state index contributed by atoms with van der Waals surface area (Å²) in [6.07, 6.45) is 3.12. The SMILES string of the molecule is Cc1ccccc1-n1c(SC(C)C(=O)Nc2ncccn2)nc2sc(-c3ccccc3)cc2c1=O. The number of amides is 1. The first kappa shape index (κ1) is 22.9. The summed E-state index contributed by atoms with van der Waals surface area (Å²) in [5.74, 6) is -0.0431. The van der Waals surface area contributed by atoms with Gasteiger partial charge in [0.15, 0.2) is 5.16 Å². The van der Waals surface area contributed by atoms with Gasteiger partial charge in [-0.1, -0.05) is 60.3 Å². The number of para-hydroxylation sites is 1. The van der Waals surface area contributed by atoms with E-state index in [1.54, 1.807) is 30.0 Å². The van der Waals surface area contributed by atoms with E-state index in [1.165, 1.54) is 23.1 Å². The number of thiophene rings is 1. The molecule has 7 nitrogen and oxygen atoms in total. The Morgan fingerprint density at radius 1 is 1.03 bits per heavy atom. The van der Waals surface area contributed by atoms with Gasteiger partial charge in [-0.3, -0.25) is 19.5 Å². The maximum absolute atomic E-state index is 13.8. The second kappa shape index (κ2) is 9.81. The van der Waals surface area contributed by atoms with E-state index in [-0.39, 0.29) is 17.4 Å². The van der Waals surface area contributed by atoms with Gasteiger partial charge >= 0.3 is 0 Å². The number of thioether (sulfide) groups is 1. The molecule has 0 bridgehead atoms. The molecule has 0 saturated carbocycles. The molecule has 0 aliphatic carbocycles. The van der Waals surface area contributed by atoms with Crippen molar-refractivity contribution in [2.24, 2.45) is 0 Å². The van der Waals surface area contributed by atoms with Gasteiger partial charge in [0.25, 0.3) is 5.56 Å². The number of hydrogen-bond donors (Lipinski definition) is 1. The van der Waals surface area contributed by atoms with Crippen LogP contribution in [0.25, 0.3) is 26.3 Å². The molecule has 2 aromatic carbocycles. The zero-order chi connectivity index (χ0) is 24.4. The summed E-state index contributed by atoms with van der Waals surface area (Å²) in [5, 5.41) is 3.17. The first-order valence-electron chi connectivity index (χ1n) is 10.9. The minimum Gasteiger partial charge on any atom is -0.294 e. The molecule has 1 atom stereocenters. The molecule has 174 valence electrons. The van der Waals surface area contributed by atoms with Crippen LogP contribution in [-0.4, -0.2) is 30.7 Å². The monoisotopic (exact) mass is 499 g/mol. The molecule has 0 saturated heterocycles. The van der Waals surface area contributed by atoms with Crippen molar-refractivity contribution in [1.82, 2.24) is 19.5 Å². The summed E-state index contributed by atoms with van der Waals surface area (Å²) in [4.78, 5) is 41.2. The van der Waals surface area contributed by atoms with Crippen molar-refractivity contribution in [2.75, 3.05) is 5.32 Å². The number of carbonyl (C=O) groups is 1. The first-order chi connectivity index (χ1) is 17.0. The van der Waals surface area contributed by atoms with E-state index >= 15 is 0 Å². The molecule has 3 aromatic heterocycles. The lowest BCUT2D eigenvalue weighted by Crippen LogP contribution is -2.26. The number of aromatic nitrogens is 4. The lowest BCUT2D eigenvalue weighted by molar-refractivity contribution is -0.115. The number of carbonyl (C=O) groups excluding carboxylic acids is 1. The summed E-state index contributed by atoms with van der Waals surface area (Å²) in [6, 6.07) is 21.2. The topological polar surface area (TPSA) is 89.8 Å². The Morgan fingerprint density at radius 2 is 1.74 bits per heavy atom. The van der Waals surface area contributed by atoms with Gasteiger partial charge in [-0.2, -0.15) is 0 Å². The molecule has 5 aromatic rings. The number of benzene rings is 2. The zero-order valence-electron chi connectivity index (χ0n) is 19.0. The van der Waals surface area contributed by atoms with Crippen molar-refractivity contribution in [3.63, 3.8) is 0 Å². The predicted molar refractivity (Wildman–Crippen MR) is 141 cm³/mol. The molecule has 0 spiro atoms. The number of rotatable bonds is 6. The van der Waals surface area contributed by atoms with Crippen LogP contribution >= 0.6 is 23.1 Å². The molecule has 0 aliphatic rings. The lowest BCUT2D eigenvalue weighted by Gasteiger charge is -2.16. The summed E-state index contributed by atoms with van der Waals surface area (Å²) in [7, 11) is 0. The number of aryl methyl sites for hydroxylation is 1. The number of fused-ring (bicyclic) bond motifs is 1. The molecule has 1 amide bonds. The Labute approximate surface area is 209 Å². The van der Waals surface area contributed by atoms with Crippen molar-refractivity contribution < 1.29 is 4.79 Å². The molecule has 0 fully saturated rings. The highest BCUT2D eigenvalue weighted by Gasteiger charge is 2.22. The smallest absolute Gasteiger partial charge is 0.267 e. The van der Waals surface area contributed by atoms with Gasteiger partial charge in [0.2, 0.25) is 11.9 Å². The molecule has 35 heavy (non-hydrogen) atoms. The van der Waals surface area contributed by atoms with Crippen LogP contribution in [0.5, 0.6) is 0 Å². The fourth-order valence-corrected chi connectivity index (χ4v) is 5.60. The maximum atomic E-state index is 13.8. The van der Waals surface area contributed by atoms with Crippen LogP contribution in [0.4, 0.5) is 5.95 Å². The zero-order valence-corrected chi connectivity index (χ0v) is 20.6. The summed E-state index contributed by atoms with van der Waals surface area (Å²) in [5.41, 5.74) is 2.54. The third kappa shape index (κ3) is 4.73. The Hall–Kier alpha value is -3.82. The average Bonchev–Trinajstić information content (AvgIpc) is 3.31. The van der Waals surface area contributed by atoms with E-state index < -0.39 is 5.25 Å². The summed E-state index contributed by atoms with van der Waals surface area (Å²) < 4.78 is 1.60. The van der Waals surface area contributed by atoms with Gasteiger partial charge in [0, 0.05) is 17.3 Å². The minimum atomic E-state index is -0.549. The largest absolute Gasteiger partial charge is 0.294 e. The Kier molecular flexibility index (Phi) is 6.43. The molecule has 0 radical (unpaired) electrons. The van der Waals surface area contributed by atoms with E-state index in [0.29, 0.717) is 15.4 Å². The fourth-order valence-electron chi connectivity index (χ4n) is 3.60. The number of nitrogens with one attached hydrogen (secondary N) is 1. The minimum absolute atomic E-state index is 0.163. The van der Waals surface area contributed by atoms with Crippen molar-refractivity contribution in [3.8, 4) is 16.1 Å². The van der Waals surface area contributed by atoms with E-state index in [1.807, 2.05) is 67.6 Å². The third-order valence-electron chi connectivity index (χ3n) is 5.40. The van der Waals surface area contributed by atoms with E-state index in [2.05, 4.69) is 15.3 Å². The summed E-state index contributed by atoms with van der Waals surface area (Å²) >= 11 is 2.69. The van der Waals surface area contributed by atoms with Gasteiger partial charge in [-0.15, -0.1) is 11.3 Å². The van der Waals surface area contributed by atoms with Crippen molar-refractivity contribution >= 4 is 45.2 Å². The van der Waals surface area contributed by atoms with Crippen LogP contribution in [0, 0.1) is 6.92 Å². The molecule has 0 aliphatic heterocycles. The number of nitrogens with zero attached hydrogens (tertiary/aromatic N) is 4. The molecule has 1 N–H and O–H groups in total. The Bertz CT molecular complexity index is 1570. The lowest BCUT2D eigenvalue weighted by atomic mass is 10.2. The molecule has 1 unspecified atom stereocenters. The maximum Gasteiger partial charge on any atom is 0.267 e. The quantitative estimate of drug-likeness (QED) is 0.251.